The summed E-state index contributed by atoms with van der Waals surface area (Å²) < 4.78 is 19.6. The summed E-state index contributed by atoms with van der Waals surface area (Å²) in [4.78, 5) is 4.62. The predicted octanol–water partition coefficient (Wildman–Crippen LogP) is 6.45. The Labute approximate surface area is 149 Å². The molecule has 5 aromatic rings. The summed E-state index contributed by atoms with van der Waals surface area (Å²) >= 11 is 0. The number of rotatable bonds is 2. The van der Waals surface area contributed by atoms with Crippen molar-refractivity contribution in [3.63, 3.8) is 0 Å². The first-order valence-corrected chi connectivity index (χ1v) is 8.43. The van der Waals surface area contributed by atoms with Crippen molar-refractivity contribution in [2.75, 3.05) is 0 Å². The third kappa shape index (κ3) is 2.37. The highest BCUT2D eigenvalue weighted by molar-refractivity contribution is 6.04. The summed E-state index contributed by atoms with van der Waals surface area (Å²) in [6, 6.07) is 26.4. The van der Waals surface area contributed by atoms with Crippen molar-refractivity contribution in [3.8, 4) is 22.6 Å². The lowest BCUT2D eigenvalue weighted by Gasteiger charge is -2.10. The smallest absolute Gasteiger partial charge is 0.227 e. The van der Waals surface area contributed by atoms with Crippen LogP contribution in [0.4, 0.5) is 4.39 Å². The van der Waals surface area contributed by atoms with Crippen LogP contribution in [0.5, 0.6) is 0 Å². The van der Waals surface area contributed by atoms with Gasteiger partial charge in [0, 0.05) is 5.56 Å². The van der Waals surface area contributed by atoms with Crippen LogP contribution in [0, 0.1) is 5.82 Å². The molecule has 0 bridgehead atoms. The van der Waals surface area contributed by atoms with Gasteiger partial charge in [-0.05, 0) is 52.2 Å². The number of aromatic nitrogens is 1. The number of halogens is 1. The van der Waals surface area contributed by atoms with E-state index in [4.69, 9.17) is 4.42 Å². The molecule has 0 aliphatic rings. The Balaban J connectivity index is 1.77. The Kier molecular flexibility index (Phi) is 3.32. The van der Waals surface area contributed by atoms with E-state index in [2.05, 4.69) is 4.98 Å². The van der Waals surface area contributed by atoms with Gasteiger partial charge in [0.25, 0.3) is 0 Å². The van der Waals surface area contributed by atoms with Crippen molar-refractivity contribution >= 4 is 21.9 Å². The molecule has 5 rings (SSSR count). The monoisotopic (exact) mass is 339 g/mol. The molecule has 1 heterocycles. The molecule has 0 aliphatic heterocycles. The van der Waals surface area contributed by atoms with E-state index in [1.54, 1.807) is 12.1 Å². The minimum Gasteiger partial charge on any atom is -0.436 e. The van der Waals surface area contributed by atoms with Crippen LogP contribution in [0.1, 0.15) is 0 Å². The van der Waals surface area contributed by atoms with Crippen molar-refractivity contribution in [2.24, 2.45) is 0 Å². The number of hydrogen-bond donors (Lipinski definition) is 0. The Morgan fingerprint density at radius 3 is 2.23 bits per heavy atom. The van der Waals surface area contributed by atoms with Crippen molar-refractivity contribution in [2.45, 2.75) is 0 Å². The van der Waals surface area contributed by atoms with Crippen LogP contribution < -0.4 is 0 Å². The predicted molar refractivity (Wildman–Crippen MR) is 102 cm³/mol. The highest BCUT2D eigenvalue weighted by atomic mass is 19.1. The van der Waals surface area contributed by atoms with Crippen molar-refractivity contribution in [1.82, 2.24) is 4.98 Å². The number of para-hydroxylation sites is 2. The molecule has 0 atom stereocenters. The molecule has 1 aromatic heterocycles. The molecule has 124 valence electrons. The summed E-state index contributed by atoms with van der Waals surface area (Å²) in [5.74, 6) is 0.350. The van der Waals surface area contributed by atoms with Crippen LogP contribution in [0.2, 0.25) is 0 Å². The molecular weight excluding hydrogens is 325 g/mol. The largest absolute Gasteiger partial charge is 0.436 e. The van der Waals surface area contributed by atoms with Gasteiger partial charge in [-0.2, -0.15) is 0 Å². The normalized spacial score (nSPS) is 11.3. The minimum atomic E-state index is -0.241. The SMILES string of the molecule is Fc1cccc(-c2ccc(-c3nc4ccccc4o3)c3ccccc23)c1. The van der Waals surface area contributed by atoms with Crippen LogP contribution >= 0.6 is 0 Å². The topological polar surface area (TPSA) is 26.0 Å². The number of hydrogen-bond acceptors (Lipinski definition) is 2. The third-order valence-electron chi connectivity index (χ3n) is 4.58. The summed E-state index contributed by atoms with van der Waals surface area (Å²) in [5.41, 5.74) is 4.36. The van der Waals surface area contributed by atoms with E-state index in [1.807, 2.05) is 66.7 Å². The Bertz CT molecular complexity index is 1220. The van der Waals surface area contributed by atoms with Gasteiger partial charge < -0.3 is 4.42 Å². The fraction of sp³-hybridized carbons (Fsp3) is 0. The first kappa shape index (κ1) is 14.8. The molecule has 0 saturated carbocycles. The first-order valence-electron chi connectivity index (χ1n) is 8.43. The Morgan fingerprint density at radius 1 is 0.692 bits per heavy atom. The molecule has 0 amide bonds. The number of nitrogens with zero attached hydrogens (tertiary/aromatic N) is 1. The maximum atomic E-state index is 13.7. The molecule has 3 heteroatoms. The van der Waals surface area contributed by atoms with Crippen LogP contribution in [0.25, 0.3) is 44.5 Å². The molecule has 0 radical (unpaired) electrons. The number of oxazole rings is 1. The van der Waals surface area contributed by atoms with Crippen LogP contribution in [0.3, 0.4) is 0 Å². The summed E-state index contributed by atoms with van der Waals surface area (Å²) in [6.45, 7) is 0. The lowest BCUT2D eigenvalue weighted by molar-refractivity contribution is 0.620. The van der Waals surface area contributed by atoms with Crippen molar-refractivity contribution in [1.29, 1.82) is 0 Å². The van der Waals surface area contributed by atoms with E-state index in [1.165, 1.54) is 6.07 Å². The molecular formula is C23H14FNO. The van der Waals surface area contributed by atoms with Crippen molar-refractivity contribution in [3.05, 3.63) is 90.7 Å². The zero-order valence-corrected chi connectivity index (χ0v) is 13.8. The maximum Gasteiger partial charge on any atom is 0.227 e. The molecule has 4 aromatic carbocycles. The standard InChI is InChI=1S/C23H14FNO/c24-16-7-5-6-15(14-16)17-12-13-20(19-9-2-1-8-18(17)19)23-25-21-10-3-4-11-22(21)26-23/h1-14H. The molecule has 0 N–H and O–H groups in total. The minimum absolute atomic E-state index is 0.241. The fourth-order valence-corrected chi connectivity index (χ4v) is 3.38. The molecule has 0 spiro atoms. The fourth-order valence-electron chi connectivity index (χ4n) is 3.38. The van der Waals surface area contributed by atoms with E-state index < -0.39 is 0 Å². The summed E-state index contributed by atoms with van der Waals surface area (Å²) in [5, 5.41) is 2.07. The van der Waals surface area contributed by atoms with E-state index >= 15 is 0 Å². The Morgan fingerprint density at radius 2 is 1.42 bits per heavy atom. The second-order valence-corrected chi connectivity index (χ2v) is 6.20. The second kappa shape index (κ2) is 5.81. The van der Waals surface area contributed by atoms with E-state index in [0.717, 1.165) is 38.6 Å². The number of fused-ring (bicyclic) bond motifs is 2. The van der Waals surface area contributed by atoms with Crippen LogP contribution in [-0.2, 0) is 0 Å². The number of benzene rings is 4. The molecule has 26 heavy (non-hydrogen) atoms. The average molecular weight is 339 g/mol. The van der Waals surface area contributed by atoms with E-state index in [0.29, 0.717) is 5.89 Å². The van der Waals surface area contributed by atoms with Gasteiger partial charge in [-0.25, -0.2) is 9.37 Å². The van der Waals surface area contributed by atoms with E-state index in [9.17, 15) is 4.39 Å². The van der Waals surface area contributed by atoms with Gasteiger partial charge in [0.05, 0.1) is 0 Å². The molecule has 0 saturated heterocycles. The first-order chi connectivity index (χ1) is 12.8. The highest BCUT2D eigenvalue weighted by Gasteiger charge is 2.14. The molecule has 0 unspecified atom stereocenters. The van der Waals surface area contributed by atoms with Gasteiger partial charge >= 0.3 is 0 Å². The summed E-state index contributed by atoms with van der Waals surface area (Å²) in [6.07, 6.45) is 0. The lowest BCUT2D eigenvalue weighted by atomic mass is 9.95. The lowest BCUT2D eigenvalue weighted by Crippen LogP contribution is -1.86. The maximum absolute atomic E-state index is 13.7. The summed E-state index contributed by atoms with van der Waals surface area (Å²) in [7, 11) is 0. The Hall–Kier alpha value is -3.46. The van der Waals surface area contributed by atoms with E-state index in [-0.39, 0.29) is 5.82 Å². The average Bonchev–Trinajstić information content (AvgIpc) is 3.11. The van der Waals surface area contributed by atoms with Gasteiger partial charge in [0.2, 0.25) is 5.89 Å². The zero-order chi connectivity index (χ0) is 17.5. The van der Waals surface area contributed by atoms with Crippen LogP contribution in [-0.4, -0.2) is 4.98 Å². The van der Waals surface area contributed by atoms with Gasteiger partial charge in [-0.3, -0.25) is 0 Å². The second-order valence-electron chi connectivity index (χ2n) is 6.20. The highest BCUT2D eigenvalue weighted by Crippen LogP contribution is 2.36. The van der Waals surface area contributed by atoms with Gasteiger partial charge in [-0.1, -0.05) is 54.6 Å². The van der Waals surface area contributed by atoms with Gasteiger partial charge in [-0.15, -0.1) is 0 Å². The quantitative estimate of drug-likeness (QED) is 0.369. The zero-order valence-electron chi connectivity index (χ0n) is 13.8. The van der Waals surface area contributed by atoms with Gasteiger partial charge in [0.15, 0.2) is 5.58 Å². The van der Waals surface area contributed by atoms with Gasteiger partial charge in [0.1, 0.15) is 11.3 Å². The molecule has 0 fully saturated rings. The van der Waals surface area contributed by atoms with Crippen molar-refractivity contribution < 1.29 is 8.81 Å². The van der Waals surface area contributed by atoms with Crippen LogP contribution in [0.15, 0.2) is 89.3 Å². The third-order valence-corrected chi connectivity index (χ3v) is 4.58. The molecule has 0 aliphatic carbocycles. The molecule has 2 nitrogen and oxygen atoms in total.